The zero-order chi connectivity index (χ0) is 28.3. The van der Waals surface area contributed by atoms with Crippen molar-refractivity contribution in [1.29, 1.82) is 0 Å². The molecule has 9 N–H and O–H groups in total. The van der Waals surface area contributed by atoms with E-state index in [2.05, 4.69) is 0 Å². The highest BCUT2D eigenvalue weighted by atomic mass is 16.7. The number of rotatable bonds is 10. The van der Waals surface area contributed by atoms with Gasteiger partial charge in [-0.2, -0.15) is 0 Å². The molecule has 3 fully saturated rings. The summed E-state index contributed by atoms with van der Waals surface area (Å²) in [4.78, 5) is 0. The van der Waals surface area contributed by atoms with E-state index in [0.29, 0.717) is 0 Å². The van der Waals surface area contributed by atoms with Crippen LogP contribution >= 0.6 is 0 Å². The summed E-state index contributed by atoms with van der Waals surface area (Å²) in [5, 5.41) is 92.1. The standard InChI is InChI=1S/C25H38O14/c26-7-13-6-14(17(29)18(30)16(13)28)38-21-15(9-36-24-22(33)25(34,10-27)11-37-24)39-23(20(32)19(21)31)35-8-12-4-2-1-3-5-12/h1-5,13-24,26-34H,6-11H2/t13-,14+,15-,16+,17+,18-,19-,20-,21-,22+,23+,24-,25+/m1/s1. The normalized spacial score (nSPS) is 44.9. The molecular formula is C25H38O14. The van der Waals surface area contributed by atoms with Crippen molar-refractivity contribution in [3.05, 3.63) is 35.9 Å². The molecule has 39 heavy (non-hydrogen) atoms. The minimum atomic E-state index is -1.94. The van der Waals surface area contributed by atoms with Crippen molar-refractivity contribution < 1.29 is 69.6 Å². The van der Waals surface area contributed by atoms with Gasteiger partial charge < -0.3 is 69.6 Å². The number of benzene rings is 1. The van der Waals surface area contributed by atoms with Crippen molar-refractivity contribution in [3.8, 4) is 0 Å². The number of hydrogen-bond acceptors (Lipinski definition) is 14. The molecule has 0 radical (unpaired) electrons. The van der Waals surface area contributed by atoms with Crippen molar-refractivity contribution in [2.45, 2.75) is 86.1 Å². The Bertz CT molecular complexity index is 891. The first-order chi connectivity index (χ1) is 18.6. The van der Waals surface area contributed by atoms with Gasteiger partial charge in [0.25, 0.3) is 0 Å². The number of aliphatic hydroxyl groups excluding tert-OH is 8. The molecule has 2 aliphatic heterocycles. The Balaban J connectivity index is 1.49. The topological polar surface area (TPSA) is 228 Å². The maximum absolute atomic E-state index is 11.0. The number of hydrogen-bond donors (Lipinski definition) is 9. The van der Waals surface area contributed by atoms with Gasteiger partial charge >= 0.3 is 0 Å². The van der Waals surface area contributed by atoms with Crippen LogP contribution in [0.2, 0.25) is 0 Å². The van der Waals surface area contributed by atoms with E-state index >= 15 is 0 Å². The van der Waals surface area contributed by atoms with Gasteiger partial charge in [-0.05, 0) is 12.0 Å². The maximum Gasteiger partial charge on any atom is 0.187 e. The van der Waals surface area contributed by atoms with E-state index in [0.717, 1.165) is 5.56 Å². The van der Waals surface area contributed by atoms with E-state index < -0.39 is 105 Å². The lowest BCUT2D eigenvalue weighted by Gasteiger charge is -2.46. The van der Waals surface area contributed by atoms with E-state index in [9.17, 15) is 46.0 Å². The molecule has 4 rings (SSSR count). The van der Waals surface area contributed by atoms with Gasteiger partial charge in [-0.15, -0.1) is 0 Å². The minimum absolute atomic E-state index is 0.0337. The van der Waals surface area contributed by atoms with Gasteiger partial charge in [0.1, 0.15) is 48.3 Å². The molecule has 3 aliphatic rings. The van der Waals surface area contributed by atoms with Crippen molar-refractivity contribution >= 4 is 0 Å². The fourth-order valence-electron chi connectivity index (χ4n) is 5.02. The smallest absolute Gasteiger partial charge is 0.187 e. The van der Waals surface area contributed by atoms with Crippen LogP contribution in [0.25, 0.3) is 0 Å². The van der Waals surface area contributed by atoms with Crippen LogP contribution in [0.1, 0.15) is 12.0 Å². The third-order valence-electron chi connectivity index (χ3n) is 7.57. The molecular weight excluding hydrogens is 524 g/mol. The second-order valence-corrected chi connectivity index (χ2v) is 10.3. The predicted octanol–water partition coefficient (Wildman–Crippen LogP) is -4.04. The van der Waals surface area contributed by atoms with Crippen molar-refractivity contribution in [2.75, 3.05) is 26.4 Å². The molecule has 1 saturated carbocycles. The van der Waals surface area contributed by atoms with Crippen molar-refractivity contribution in [3.63, 3.8) is 0 Å². The van der Waals surface area contributed by atoms with Gasteiger partial charge in [-0.25, -0.2) is 0 Å². The highest BCUT2D eigenvalue weighted by molar-refractivity contribution is 5.13. The Labute approximate surface area is 224 Å². The summed E-state index contributed by atoms with van der Waals surface area (Å²) in [6.45, 7) is -2.06. The van der Waals surface area contributed by atoms with Gasteiger partial charge in [0.05, 0.1) is 38.6 Å². The van der Waals surface area contributed by atoms with E-state index in [1.807, 2.05) is 6.07 Å². The fraction of sp³-hybridized carbons (Fsp3) is 0.760. The van der Waals surface area contributed by atoms with Gasteiger partial charge in [0.15, 0.2) is 12.6 Å². The predicted molar refractivity (Wildman–Crippen MR) is 128 cm³/mol. The number of ether oxygens (including phenoxy) is 5. The van der Waals surface area contributed by atoms with Crippen LogP contribution in [0.3, 0.4) is 0 Å². The maximum atomic E-state index is 11.0. The number of aliphatic hydroxyl groups is 9. The van der Waals surface area contributed by atoms with E-state index in [1.165, 1.54) is 0 Å². The largest absolute Gasteiger partial charge is 0.396 e. The molecule has 14 heteroatoms. The van der Waals surface area contributed by atoms with Crippen LogP contribution < -0.4 is 0 Å². The molecule has 2 heterocycles. The lowest BCUT2D eigenvalue weighted by atomic mass is 9.81. The molecule has 222 valence electrons. The van der Waals surface area contributed by atoms with Crippen molar-refractivity contribution in [2.24, 2.45) is 5.92 Å². The highest BCUT2D eigenvalue weighted by Gasteiger charge is 2.52. The third kappa shape index (κ3) is 6.60. The summed E-state index contributed by atoms with van der Waals surface area (Å²) in [6.07, 6.45) is -16.0. The van der Waals surface area contributed by atoms with Crippen LogP contribution in [0.15, 0.2) is 30.3 Å². The Hall–Kier alpha value is -1.34. The lowest BCUT2D eigenvalue weighted by Crippen LogP contribution is -2.63. The Morgan fingerprint density at radius 2 is 1.56 bits per heavy atom. The van der Waals surface area contributed by atoms with Gasteiger partial charge in [0.2, 0.25) is 0 Å². The zero-order valence-corrected chi connectivity index (χ0v) is 21.1. The Morgan fingerprint density at radius 3 is 2.21 bits per heavy atom. The summed E-state index contributed by atoms with van der Waals surface area (Å²) in [6, 6.07) is 9.01. The first-order valence-corrected chi connectivity index (χ1v) is 12.8. The lowest BCUT2D eigenvalue weighted by molar-refractivity contribution is -0.329. The summed E-state index contributed by atoms with van der Waals surface area (Å²) in [7, 11) is 0. The third-order valence-corrected chi connectivity index (χ3v) is 7.57. The molecule has 14 nitrogen and oxygen atoms in total. The Kier molecular flexibility index (Phi) is 10.3. The molecule has 2 saturated heterocycles. The fourth-order valence-corrected chi connectivity index (χ4v) is 5.02. The van der Waals surface area contributed by atoms with Gasteiger partial charge in [-0.3, -0.25) is 0 Å². The van der Waals surface area contributed by atoms with Gasteiger partial charge in [-0.1, -0.05) is 30.3 Å². The quantitative estimate of drug-likeness (QED) is 0.132. The molecule has 0 aromatic heterocycles. The SMILES string of the molecule is OC[C@H]1C[C@H](O[C@H]2[C@H](O)[C@@H](O)[C@@H](OCc3ccccc3)O[C@@H]2CO[C@@H]2OC[C@@](O)(CO)[C@H]2O)[C@H](O)[C@H](O)[C@H]1O. The first kappa shape index (κ1) is 30.6. The van der Waals surface area contributed by atoms with Crippen LogP contribution in [-0.2, 0) is 30.3 Å². The average Bonchev–Trinajstić information content (AvgIpc) is 3.24. The molecule has 1 aromatic rings. The zero-order valence-electron chi connectivity index (χ0n) is 21.1. The molecule has 0 unspecified atom stereocenters. The average molecular weight is 563 g/mol. The summed E-state index contributed by atoms with van der Waals surface area (Å²) < 4.78 is 28.3. The van der Waals surface area contributed by atoms with Crippen molar-refractivity contribution in [1.82, 2.24) is 0 Å². The van der Waals surface area contributed by atoms with Crippen LogP contribution in [0.5, 0.6) is 0 Å². The van der Waals surface area contributed by atoms with Crippen LogP contribution in [0.4, 0.5) is 0 Å². The second kappa shape index (κ2) is 13.1. The van der Waals surface area contributed by atoms with E-state index in [4.69, 9.17) is 23.7 Å². The monoisotopic (exact) mass is 562 g/mol. The Morgan fingerprint density at radius 1 is 0.846 bits per heavy atom. The molecule has 13 atom stereocenters. The molecule has 0 bridgehead atoms. The molecule has 0 amide bonds. The first-order valence-electron chi connectivity index (χ1n) is 12.8. The summed E-state index contributed by atoms with van der Waals surface area (Å²) in [5.41, 5.74) is -1.17. The van der Waals surface area contributed by atoms with E-state index in [1.54, 1.807) is 24.3 Å². The summed E-state index contributed by atoms with van der Waals surface area (Å²) in [5.74, 6) is -0.824. The van der Waals surface area contributed by atoms with Crippen LogP contribution in [0, 0.1) is 5.92 Å². The molecule has 1 aromatic carbocycles. The summed E-state index contributed by atoms with van der Waals surface area (Å²) >= 11 is 0. The van der Waals surface area contributed by atoms with E-state index in [-0.39, 0.29) is 13.0 Å². The highest BCUT2D eigenvalue weighted by Crippen LogP contribution is 2.33. The van der Waals surface area contributed by atoms with Gasteiger partial charge in [0, 0.05) is 12.5 Å². The minimum Gasteiger partial charge on any atom is -0.396 e. The second-order valence-electron chi connectivity index (χ2n) is 10.3. The molecule has 1 aliphatic carbocycles. The van der Waals surface area contributed by atoms with Crippen LogP contribution in [-0.4, -0.2) is 146 Å². The molecule has 0 spiro atoms.